The molecule has 13 heavy (non-hydrogen) atoms. The second-order valence-corrected chi connectivity index (χ2v) is 2.22. The van der Waals surface area contributed by atoms with E-state index in [1.54, 1.807) is 0 Å². The Kier molecular flexibility index (Phi) is 9.98. The summed E-state index contributed by atoms with van der Waals surface area (Å²) in [6, 6.07) is 0. The summed E-state index contributed by atoms with van der Waals surface area (Å²) in [5, 5.41) is 8.94. The third-order valence-electron chi connectivity index (χ3n) is 1.17. The normalized spacial score (nSPS) is 10.8. The van der Waals surface area contributed by atoms with Gasteiger partial charge in [0.2, 0.25) is 0 Å². The summed E-state index contributed by atoms with van der Waals surface area (Å²) in [6.07, 6.45) is -0.675. The zero-order valence-corrected chi connectivity index (χ0v) is 8.45. The number of aliphatic hydroxyl groups excluding tert-OH is 1. The number of hydrogen-bond donors (Lipinski definition) is 3. The van der Waals surface area contributed by atoms with Crippen LogP contribution < -0.4 is 11.5 Å². The molecule has 0 saturated carbocycles. The Balaban J connectivity index is 0. The zero-order valence-electron chi connectivity index (χ0n) is 8.45. The van der Waals surface area contributed by atoms with Crippen LogP contribution in [0.25, 0.3) is 0 Å². The highest BCUT2D eigenvalue weighted by atomic mass is 16.3. The second kappa shape index (κ2) is 8.99. The molecular formula is C8H19N3O2. The van der Waals surface area contributed by atoms with E-state index in [2.05, 4.69) is 4.99 Å². The van der Waals surface area contributed by atoms with Gasteiger partial charge in [-0.15, -0.1) is 0 Å². The molecule has 0 rings (SSSR count). The van der Waals surface area contributed by atoms with E-state index in [9.17, 15) is 4.79 Å². The highest BCUT2D eigenvalue weighted by Crippen LogP contribution is 1.92. The summed E-state index contributed by atoms with van der Waals surface area (Å²) in [6.45, 7) is 5.60. The smallest absolute Gasteiger partial charge is 0.185 e. The first-order chi connectivity index (χ1) is 6.04. The molecule has 0 aromatic heterocycles. The van der Waals surface area contributed by atoms with Gasteiger partial charge < -0.3 is 16.6 Å². The molecule has 5 N–H and O–H groups in total. The van der Waals surface area contributed by atoms with Crippen molar-refractivity contribution >= 4 is 11.7 Å². The van der Waals surface area contributed by atoms with Crippen molar-refractivity contribution in [3.8, 4) is 0 Å². The van der Waals surface area contributed by atoms with E-state index in [1.807, 2.05) is 13.8 Å². The number of aliphatic hydroxyl groups is 1. The lowest BCUT2D eigenvalue weighted by atomic mass is 10.2. The van der Waals surface area contributed by atoms with Gasteiger partial charge in [-0.1, -0.05) is 13.8 Å². The molecule has 0 aliphatic carbocycles. The van der Waals surface area contributed by atoms with Crippen LogP contribution in [0, 0.1) is 0 Å². The number of ketones is 1. The van der Waals surface area contributed by atoms with Crippen LogP contribution in [0.5, 0.6) is 0 Å². The van der Waals surface area contributed by atoms with Gasteiger partial charge in [-0.25, -0.2) is 0 Å². The third-order valence-corrected chi connectivity index (χ3v) is 1.17. The average Bonchev–Trinajstić information content (AvgIpc) is 2.07. The van der Waals surface area contributed by atoms with Crippen molar-refractivity contribution in [2.24, 2.45) is 16.5 Å². The van der Waals surface area contributed by atoms with Crippen molar-refractivity contribution in [2.45, 2.75) is 33.3 Å². The lowest BCUT2D eigenvalue weighted by Gasteiger charge is -2.02. The SMILES string of the molecule is CC.CC(=O)C(O)CCN=C(N)N. The first-order valence-corrected chi connectivity index (χ1v) is 4.28. The largest absolute Gasteiger partial charge is 0.385 e. The van der Waals surface area contributed by atoms with Gasteiger partial charge in [-0.2, -0.15) is 0 Å². The molecule has 0 aromatic carbocycles. The quantitative estimate of drug-likeness (QED) is 0.414. The molecule has 0 aliphatic heterocycles. The average molecular weight is 189 g/mol. The number of carbonyl (C=O) groups is 1. The number of aliphatic imine (C=N–C) groups is 1. The maximum Gasteiger partial charge on any atom is 0.185 e. The van der Waals surface area contributed by atoms with Gasteiger partial charge in [0.05, 0.1) is 0 Å². The Bertz CT molecular complexity index is 165. The fourth-order valence-corrected chi connectivity index (χ4v) is 0.519. The van der Waals surface area contributed by atoms with Crippen molar-refractivity contribution < 1.29 is 9.90 Å². The lowest BCUT2D eigenvalue weighted by molar-refractivity contribution is -0.125. The molecule has 0 aromatic rings. The van der Waals surface area contributed by atoms with E-state index >= 15 is 0 Å². The van der Waals surface area contributed by atoms with Gasteiger partial charge in [-0.3, -0.25) is 9.79 Å². The van der Waals surface area contributed by atoms with E-state index in [4.69, 9.17) is 16.6 Å². The molecule has 0 saturated heterocycles. The Labute approximate surface area is 78.8 Å². The molecule has 0 heterocycles. The fourth-order valence-electron chi connectivity index (χ4n) is 0.519. The van der Waals surface area contributed by atoms with Crippen molar-refractivity contribution in [1.29, 1.82) is 0 Å². The Morgan fingerprint density at radius 1 is 1.46 bits per heavy atom. The first kappa shape index (κ1) is 14.4. The molecule has 1 unspecified atom stereocenters. The van der Waals surface area contributed by atoms with E-state index in [0.717, 1.165) is 0 Å². The van der Waals surface area contributed by atoms with Crippen LogP contribution in [0.1, 0.15) is 27.2 Å². The van der Waals surface area contributed by atoms with Crippen molar-refractivity contribution in [2.75, 3.05) is 6.54 Å². The zero-order chi connectivity index (χ0) is 10.9. The fraction of sp³-hybridized carbons (Fsp3) is 0.750. The molecule has 0 fully saturated rings. The number of rotatable bonds is 4. The van der Waals surface area contributed by atoms with Gasteiger partial charge >= 0.3 is 0 Å². The van der Waals surface area contributed by atoms with Crippen molar-refractivity contribution in [3.63, 3.8) is 0 Å². The minimum Gasteiger partial charge on any atom is -0.385 e. The lowest BCUT2D eigenvalue weighted by Crippen LogP contribution is -2.24. The highest BCUT2D eigenvalue weighted by molar-refractivity contribution is 5.80. The standard InChI is InChI=1S/C6H13N3O2.C2H6/c1-4(10)5(11)2-3-9-6(7)8;1-2/h5,11H,2-3H2,1H3,(H4,7,8,9);1-2H3. The van der Waals surface area contributed by atoms with Crippen LogP contribution in [0.3, 0.4) is 0 Å². The van der Waals surface area contributed by atoms with Crippen LogP contribution in [0.2, 0.25) is 0 Å². The van der Waals surface area contributed by atoms with Crippen molar-refractivity contribution in [3.05, 3.63) is 0 Å². The Morgan fingerprint density at radius 2 is 1.92 bits per heavy atom. The number of carbonyl (C=O) groups excluding carboxylic acids is 1. The summed E-state index contributed by atoms with van der Waals surface area (Å²) in [4.78, 5) is 14.1. The number of Topliss-reactive ketones (excluding diaryl/α,β-unsaturated/α-hetero) is 1. The topological polar surface area (TPSA) is 102 Å². The van der Waals surface area contributed by atoms with Crippen LogP contribution in [-0.2, 0) is 4.79 Å². The Morgan fingerprint density at radius 3 is 2.23 bits per heavy atom. The molecule has 0 aliphatic rings. The molecule has 0 amide bonds. The van der Waals surface area contributed by atoms with Gasteiger partial charge in [0, 0.05) is 13.0 Å². The van der Waals surface area contributed by atoms with E-state index in [-0.39, 0.29) is 24.7 Å². The van der Waals surface area contributed by atoms with Gasteiger partial charge in [0.25, 0.3) is 0 Å². The molecule has 5 heteroatoms. The first-order valence-electron chi connectivity index (χ1n) is 4.28. The van der Waals surface area contributed by atoms with Gasteiger partial charge in [0.15, 0.2) is 11.7 Å². The van der Waals surface area contributed by atoms with E-state index in [0.29, 0.717) is 0 Å². The maximum atomic E-state index is 10.5. The van der Waals surface area contributed by atoms with E-state index in [1.165, 1.54) is 6.92 Å². The predicted molar refractivity (Wildman–Crippen MR) is 53.3 cm³/mol. The summed E-state index contributed by atoms with van der Waals surface area (Å²) in [5.41, 5.74) is 10.0. The summed E-state index contributed by atoms with van der Waals surface area (Å²) in [5.74, 6) is -0.295. The number of nitrogens with zero attached hydrogens (tertiary/aromatic N) is 1. The summed E-state index contributed by atoms with van der Waals surface area (Å²) < 4.78 is 0. The third kappa shape index (κ3) is 10.9. The highest BCUT2D eigenvalue weighted by Gasteiger charge is 2.07. The van der Waals surface area contributed by atoms with Gasteiger partial charge in [0.1, 0.15) is 6.10 Å². The monoisotopic (exact) mass is 189 g/mol. The van der Waals surface area contributed by atoms with Crippen LogP contribution in [0.15, 0.2) is 4.99 Å². The van der Waals surface area contributed by atoms with Crippen molar-refractivity contribution in [1.82, 2.24) is 0 Å². The molecule has 78 valence electrons. The minimum atomic E-state index is -0.946. The van der Waals surface area contributed by atoms with Gasteiger partial charge in [-0.05, 0) is 6.92 Å². The number of hydrogen-bond acceptors (Lipinski definition) is 3. The predicted octanol–water partition coefficient (Wildman–Crippen LogP) is -0.374. The van der Waals surface area contributed by atoms with Crippen LogP contribution >= 0.6 is 0 Å². The van der Waals surface area contributed by atoms with Crippen LogP contribution in [-0.4, -0.2) is 29.5 Å². The maximum absolute atomic E-state index is 10.5. The molecule has 0 bridgehead atoms. The number of nitrogens with two attached hydrogens (primary N) is 2. The Hall–Kier alpha value is -1.10. The minimum absolute atomic E-state index is 0.0271. The number of guanidine groups is 1. The second-order valence-electron chi connectivity index (χ2n) is 2.22. The molecule has 5 nitrogen and oxygen atoms in total. The summed E-state index contributed by atoms with van der Waals surface area (Å²) >= 11 is 0. The molecule has 1 atom stereocenters. The molecular weight excluding hydrogens is 170 g/mol. The summed E-state index contributed by atoms with van der Waals surface area (Å²) in [7, 11) is 0. The van der Waals surface area contributed by atoms with E-state index < -0.39 is 6.10 Å². The molecule has 0 spiro atoms. The van der Waals surface area contributed by atoms with Crippen LogP contribution in [0.4, 0.5) is 0 Å². The molecule has 0 radical (unpaired) electrons.